The van der Waals surface area contributed by atoms with Gasteiger partial charge in [-0.25, -0.2) is 0 Å². The molecular weight excluding hydrogens is 214 g/mol. The third-order valence-corrected chi connectivity index (χ3v) is 3.37. The van der Waals surface area contributed by atoms with Crippen molar-refractivity contribution < 1.29 is 9.47 Å². The van der Waals surface area contributed by atoms with Crippen molar-refractivity contribution in [3.8, 4) is 11.5 Å². The normalized spacial score (nSPS) is 20.7. The van der Waals surface area contributed by atoms with E-state index in [1.165, 1.54) is 31.2 Å². The summed E-state index contributed by atoms with van der Waals surface area (Å²) in [6, 6.07) is 6.66. The van der Waals surface area contributed by atoms with Gasteiger partial charge in [-0.2, -0.15) is 0 Å². The largest absolute Gasteiger partial charge is 0.493 e. The van der Waals surface area contributed by atoms with Crippen molar-refractivity contribution in [3.63, 3.8) is 0 Å². The van der Waals surface area contributed by atoms with Gasteiger partial charge in [-0.1, -0.05) is 18.9 Å². The molecule has 1 aromatic carbocycles. The summed E-state index contributed by atoms with van der Waals surface area (Å²) in [7, 11) is 3.35. The lowest BCUT2D eigenvalue weighted by atomic mass is 10.0. The highest BCUT2D eigenvalue weighted by Crippen LogP contribution is 2.32. The minimum atomic E-state index is 0.456. The summed E-state index contributed by atoms with van der Waals surface area (Å²) in [4.78, 5) is 0. The van der Waals surface area contributed by atoms with Crippen molar-refractivity contribution in [1.29, 1.82) is 0 Å². The zero-order chi connectivity index (χ0) is 12.1. The molecule has 1 atom stereocenters. The molecule has 1 saturated heterocycles. The molecule has 17 heavy (non-hydrogen) atoms. The fourth-order valence-electron chi connectivity index (χ4n) is 2.38. The fourth-order valence-corrected chi connectivity index (χ4v) is 2.38. The van der Waals surface area contributed by atoms with Crippen molar-refractivity contribution in [2.24, 2.45) is 0 Å². The van der Waals surface area contributed by atoms with Crippen LogP contribution in [0.1, 0.15) is 37.3 Å². The van der Waals surface area contributed by atoms with Crippen molar-refractivity contribution >= 4 is 0 Å². The van der Waals surface area contributed by atoms with Crippen LogP contribution in [0, 0.1) is 0 Å². The second kappa shape index (κ2) is 5.92. The van der Waals surface area contributed by atoms with Gasteiger partial charge in [0.05, 0.1) is 14.2 Å². The van der Waals surface area contributed by atoms with Crippen LogP contribution in [-0.4, -0.2) is 20.8 Å². The molecule has 2 rings (SSSR count). The van der Waals surface area contributed by atoms with E-state index in [1.807, 2.05) is 6.07 Å². The maximum Gasteiger partial charge on any atom is 0.161 e. The first-order chi connectivity index (χ1) is 8.35. The summed E-state index contributed by atoms with van der Waals surface area (Å²) in [5.41, 5.74) is 1.30. The molecule has 3 heteroatoms. The van der Waals surface area contributed by atoms with Gasteiger partial charge >= 0.3 is 0 Å². The second-order valence-corrected chi connectivity index (χ2v) is 4.47. The van der Waals surface area contributed by atoms with Crippen LogP contribution in [0.2, 0.25) is 0 Å². The summed E-state index contributed by atoms with van der Waals surface area (Å²) in [6.07, 6.45) is 5.11. The minimum Gasteiger partial charge on any atom is -0.493 e. The Morgan fingerprint density at radius 3 is 2.65 bits per heavy atom. The highest BCUT2D eigenvalue weighted by molar-refractivity contribution is 5.43. The lowest BCUT2D eigenvalue weighted by Crippen LogP contribution is -2.20. The van der Waals surface area contributed by atoms with E-state index >= 15 is 0 Å². The molecule has 0 saturated carbocycles. The van der Waals surface area contributed by atoms with Crippen molar-refractivity contribution in [2.45, 2.75) is 31.7 Å². The van der Waals surface area contributed by atoms with E-state index in [2.05, 4.69) is 17.4 Å². The van der Waals surface area contributed by atoms with E-state index in [9.17, 15) is 0 Å². The topological polar surface area (TPSA) is 30.5 Å². The van der Waals surface area contributed by atoms with Gasteiger partial charge in [0, 0.05) is 6.04 Å². The van der Waals surface area contributed by atoms with E-state index in [4.69, 9.17) is 9.47 Å². The van der Waals surface area contributed by atoms with Gasteiger partial charge in [0.15, 0.2) is 11.5 Å². The standard InChI is InChI=1S/C14H21NO2/c1-16-13-8-7-11(10-14(13)17-2)12-6-4-3-5-9-15-12/h7-8,10,12,15H,3-6,9H2,1-2H3/t12-/m0/s1. The lowest BCUT2D eigenvalue weighted by molar-refractivity contribution is 0.353. The molecule has 3 nitrogen and oxygen atoms in total. The Kier molecular flexibility index (Phi) is 4.26. The van der Waals surface area contributed by atoms with Gasteiger partial charge < -0.3 is 14.8 Å². The molecule has 0 amide bonds. The third kappa shape index (κ3) is 2.91. The summed E-state index contributed by atoms with van der Waals surface area (Å²) < 4.78 is 10.6. The maximum atomic E-state index is 5.35. The highest BCUT2D eigenvalue weighted by atomic mass is 16.5. The third-order valence-electron chi connectivity index (χ3n) is 3.37. The van der Waals surface area contributed by atoms with Gasteiger partial charge in [-0.05, 0) is 37.1 Å². The van der Waals surface area contributed by atoms with Crippen molar-refractivity contribution in [3.05, 3.63) is 23.8 Å². The molecule has 1 N–H and O–H groups in total. The second-order valence-electron chi connectivity index (χ2n) is 4.47. The Hall–Kier alpha value is -1.22. The van der Waals surface area contributed by atoms with E-state index in [1.54, 1.807) is 14.2 Å². The SMILES string of the molecule is COc1ccc([C@@H]2CCCCCN2)cc1OC. The predicted octanol–water partition coefficient (Wildman–Crippen LogP) is 2.91. The smallest absolute Gasteiger partial charge is 0.161 e. The van der Waals surface area contributed by atoms with E-state index < -0.39 is 0 Å². The van der Waals surface area contributed by atoms with Gasteiger partial charge in [0.2, 0.25) is 0 Å². The Morgan fingerprint density at radius 1 is 1.06 bits per heavy atom. The Balaban J connectivity index is 2.19. The Labute approximate surface area is 103 Å². The molecule has 94 valence electrons. The average molecular weight is 235 g/mol. The Morgan fingerprint density at radius 2 is 1.88 bits per heavy atom. The first kappa shape index (κ1) is 12.2. The average Bonchev–Trinajstić information content (AvgIpc) is 2.66. The van der Waals surface area contributed by atoms with Crippen LogP contribution in [0.4, 0.5) is 0 Å². The summed E-state index contributed by atoms with van der Waals surface area (Å²) >= 11 is 0. The van der Waals surface area contributed by atoms with Crippen molar-refractivity contribution in [1.82, 2.24) is 5.32 Å². The van der Waals surface area contributed by atoms with E-state index in [-0.39, 0.29) is 0 Å². The van der Waals surface area contributed by atoms with Crippen LogP contribution in [0.25, 0.3) is 0 Å². The van der Waals surface area contributed by atoms with Gasteiger partial charge in [0.1, 0.15) is 0 Å². The molecule has 0 aliphatic carbocycles. The van der Waals surface area contributed by atoms with Crippen molar-refractivity contribution in [2.75, 3.05) is 20.8 Å². The zero-order valence-corrected chi connectivity index (χ0v) is 10.7. The highest BCUT2D eigenvalue weighted by Gasteiger charge is 2.15. The molecule has 1 heterocycles. The van der Waals surface area contributed by atoms with Crippen LogP contribution in [-0.2, 0) is 0 Å². The monoisotopic (exact) mass is 235 g/mol. The number of ether oxygens (including phenoxy) is 2. The van der Waals surface area contributed by atoms with E-state index in [0.29, 0.717) is 6.04 Å². The lowest BCUT2D eigenvalue weighted by Gasteiger charge is -2.18. The van der Waals surface area contributed by atoms with Gasteiger partial charge in [0.25, 0.3) is 0 Å². The first-order valence-corrected chi connectivity index (χ1v) is 6.30. The summed E-state index contributed by atoms with van der Waals surface area (Å²) in [5.74, 6) is 1.61. The fraction of sp³-hybridized carbons (Fsp3) is 0.571. The molecule has 1 aliphatic rings. The molecule has 0 spiro atoms. The maximum absolute atomic E-state index is 5.35. The van der Waals surface area contributed by atoms with Crippen LogP contribution < -0.4 is 14.8 Å². The number of benzene rings is 1. The number of hydrogen-bond donors (Lipinski definition) is 1. The summed E-state index contributed by atoms with van der Waals surface area (Å²) in [6.45, 7) is 1.11. The van der Waals surface area contributed by atoms with Crippen LogP contribution in [0.3, 0.4) is 0 Å². The molecular formula is C14H21NO2. The Bertz CT molecular complexity index is 357. The number of hydrogen-bond acceptors (Lipinski definition) is 3. The van der Waals surface area contributed by atoms with Crippen LogP contribution in [0.15, 0.2) is 18.2 Å². The zero-order valence-electron chi connectivity index (χ0n) is 10.7. The molecule has 1 aromatic rings. The molecule has 0 aromatic heterocycles. The van der Waals surface area contributed by atoms with Crippen LogP contribution in [0.5, 0.6) is 11.5 Å². The molecule has 0 bridgehead atoms. The number of rotatable bonds is 3. The number of methoxy groups -OCH3 is 2. The van der Waals surface area contributed by atoms with E-state index in [0.717, 1.165) is 18.0 Å². The quantitative estimate of drug-likeness (QED) is 0.873. The van der Waals surface area contributed by atoms with Gasteiger partial charge in [-0.15, -0.1) is 0 Å². The van der Waals surface area contributed by atoms with Crippen LogP contribution >= 0.6 is 0 Å². The molecule has 0 radical (unpaired) electrons. The molecule has 0 unspecified atom stereocenters. The minimum absolute atomic E-state index is 0.456. The predicted molar refractivity (Wildman–Crippen MR) is 68.8 cm³/mol. The van der Waals surface area contributed by atoms with Gasteiger partial charge in [-0.3, -0.25) is 0 Å². The molecule has 1 fully saturated rings. The summed E-state index contributed by atoms with van der Waals surface area (Å²) in [5, 5.41) is 3.59. The first-order valence-electron chi connectivity index (χ1n) is 6.30. The number of nitrogens with one attached hydrogen (secondary N) is 1. The molecule has 1 aliphatic heterocycles.